The van der Waals surface area contributed by atoms with Gasteiger partial charge < -0.3 is 15.0 Å². The highest BCUT2D eigenvalue weighted by Crippen LogP contribution is 2.25. The molecule has 0 bridgehead atoms. The SMILES string of the molecule is Cc1ccc(C)n1-c1ccsc1C(=O)NCC(C)CCO. The van der Waals surface area contributed by atoms with Crippen molar-refractivity contribution in [1.82, 2.24) is 9.88 Å². The molecule has 0 saturated heterocycles. The maximum atomic E-state index is 12.4. The summed E-state index contributed by atoms with van der Waals surface area (Å²) < 4.78 is 2.10. The van der Waals surface area contributed by atoms with Gasteiger partial charge in [-0.3, -0.25) is 4.79 Å². The molecule has 2 N–H and O–H groups in total. The van der Waals surface area contributed by atoms with E-state index in [-0.39, 0.29) is 18.4 Å². The number of hydrogen-bond acceptors (Lipinski definition) is 3. The normalized spacial score (nSPS) is 12.4. The molecule has 114 valence electrons. The standard InChI is InChI=1S/C16H22N2O2S/c1-11(6-8-19)10-17-16(20)15-14(7-9-21-15)18-12(2)4-5-13(18)3/h4-5,7,9,11,19H,6,8,10H2,1-3H3,(H,17,20). The zero-order valence-corrected chi connectivity index (χ0v) is 13.5. The lowest BCUT2D eigenvalue weighted by molar-refractivity contribution is 0.0949. The van der Waals surface area contributed by atoms with Gasteiger partial charge in [-0.05, 0) is 49.8 Å². The first-order chi connectivity index (χ1) is 10.0. The highest BCUT2D eigenvalue weighted by atomic mass is 32.1. The third-order valence-electron chi connectivity index (χ3n) is 3.60. The highest BCUT2D eigenvalue weighted by molar-refractivity contribution is 7.12. The van der Waals surface area contributed by atoms with Gasteiger partial charge >= 0.3 is 0 Å². The topological polar surface area (TPSA) is 54.3 Å². The summed E-state index contributed by atoms with van der Waals surface area (Å²) in [7, 11) is 0. The van der Waals surface area contributed by atoms with Gasteiger partial charge in [-0.1, -0.05) is 6.92 Å². The molecular weight excluding hydrogens is 284 g/mol. The van der Waals surface area contributed by atoms with E-state index in [1.807, 2.05) is 32.2 Å². The van der Waals surface area contributed by atoms with Gasteiger partial charge in [-0.15, -0.1) is 11.3 Å². The van der Waals surface area contributed by atoms with E-state index in [1.54, 1.807) is 0 Å². The van der Waals surface area contributed by atoms with Crippen molar-refractivity contribution in [3.8, 4) is 5.69 Å². The smallest absolute Gasteiger partial charge is 0.263 e. The van der Waals surface area contributed by atoms with Crippen molar-refractivity contribution >= 4 is 17.2 Å². The van der Waals surface area contributed by atoms with Gasteiger partial charge in [0.05, 0.1) is 5.69 Å². The highest BCUT2D eigenvalue weighted by Gasteiger charge is 2.17. The molecule has 0 aliphatic carbocycles. The van der Waals surface area contributed by atoms with Crippen LogP contribution in [-0.2, 0) is 0 Å². The number of carbonyl (C=O) groups is 1. The van der Waals surface area contributed by atoms with Crippen molar-refractivity contribution in [1.29, 1.82) is 0 Å². The number of aliphatic hydroxyl groups excluding tert-OH is 1. The molecule has 0 radical (unpaired) electrons. The number of aliphatic hydroxyl groups is 1. The molecule has 2 heterocycles. The molecule has 0 aromatic carbocycles. The number of carbonyl (C=O) groups excluding carboxylic acids is 1. The van der Waals surface area contributed by atoms with Crippen LogP contribution in [-0.4, -0.2) is 28.7 Å². The predicted octanol–water partition coefficient (Wildman–Crippen LogP) is 2.90. The molecule has 0 saturated carbocycles. The summed E-state index contributed by atoms with van der Waals surface area (Å²) in [4.78, 5) is 13.1. The summed E-state index contributed by atoms with van der Waals surface area (Å²) in [5, 5.41) is 13.8. The molecule has 1 amide bonds. The number of aromatic nitrogens is 1. The number of hydrogen-bond donors (Lipinski definition) is 2. The molecule has 0 aliphatic heterocycles. The number of aryl methyl sites for hydroxylation is 2. The maximum Gasteiger partial charge on any atom is 0.263 e. The minimum absolute atomic E-state index is 0.0442. The molecule has 0 spiro atoms. The summed E-state index contributed by atoms with van der Waals surface area (Å²) in [5.41, 5.74) is 3.18. The van der Waals surface area contributed by atoms with Crippen molar-refractivity contribution in [2.24, 2.45) is 5.92 Å². The van der Waals surface area contributed by atoms with E-state index >= 15 is 0 Å². The number of amides is 1. The Balaban J connectivity index is 2.15. The molecule has 5 heteroatoms. The van der Waals surface area contributed by atoms with Crippen LogP contribution in [0.5, 0.6) is 0 Å². The van der Waals surface area contributed by atoms with Crippen LogP contribution in [0.1, 0.15) is 34.4 Å². The Hall–Kier alpha value is -1.59. The lowest BCUT2D eigenvalue weighted by atomic mass is 10.1. The van der Waals surface area contributed by atoms with Gasteiger partial charge in [0.25, 0.3) is 5.91 Å². The van der Waals surface area contributed by atoms with E-state index in [1.165, 1.54) is 11.3 Å². The van der Waals surface area contributed by atoms with E-state index in [0.717, 1.165) is 22.0 Å². The molecule has 0 fully saturated rings. The largest absolute Gasteiger partial charge is 0.396 e. The minimum Gasteiger partial charge on any atom is -0.396 e. The first-order valence-corrected chi connectivity index (χ1v) is 8.04. The maximum absolute atomic E-state index is 12.4. The monoisotopic (exact) mass is 306 g/mol. The van der Waals surface area contributed by atoms with E-state index < -0.39 is 0 Å². The van der Waals surface area contributed by atoms with Gasteiger partial charge in [0.2, 0.25) is 0 Å². The van der Waals surface area contributed by atoms with E-state index in [4.69, 9.17) is 5.11 Å². The average Bonchev–Trinajstić information content (AvgIpc) is 3.03. The third kappa shape index (κ3) is 3.54. The summed E-state index contributed by atoms with van der Waals surface area (Å²) in [5.74, 6) is 0.231. The molecule has 4 nitrogen and oxygen atoms in total. The van der Waals surface area contributed by atoms with Crippen LogP contribution < -0.4 is 5.32 Å². The van der Waals surface area contributed by atoms with Crippen molar-refractivity contribution < 1.29 is 9.90 Å². The summed E-state index contributed by atoms with van der Waals surface area (Å²) in [6.07, 6.45) is 0.702. The zero-order chi connectivity index (χ0) is 15.4. The predicted molar refractivity (Wildman–Crippen MR) is 86.3 cm³/mol. The van der Waals surface area contributed by atoms with E-state index in [9.17, 15) is 4.79 Å². The van der Waals surface area contributed by atoms with Crippen LogP contribution in [0, 0.1) is 19.8 Å². The fraction of sp³-hybridized carbons (Fsp3) is 0.438. The summed E-state index contributed by atoms with van der Waals surface area (Å²) in [6, 6.07) is 6.09. The first kappa shape index (κ1) is 15.8. The van der Waals surface area contributed by atoms with Crippen molar-refractivity contribution in [3.63, 3.8) is 0 Å². The van der Waals surface area contributed by atoms with E-state index in [0.29, 0.717) is 13.0 Å². The molecule has 1 atom stereocenters. The van der Waals surface area contributed by atoms with Crippen LogP contribution >= 0.6 is 11.3 Å². The van der Waals surface area contributed by atoms with Gasteiger partial charge in [-0.2, -0.15) is 0 Å². The second-order valence-corrected chi connectivity index (χ2v) is 6.33. The average molecular weight is 306 g/mol. The zero-order valence-electron chi connectivity index (χ0n) is 12.7. The Kier molecular flexibility index (Phi) is 5.20. The molecule has 2 rings (SSSR count). The lowest BCUT2D eigenvalue weighted by Crippen LogP contribution is -2.28. The van der Waals surface area contributed by atoms with Crippen LogP contribution in [0.2, 0.25) is 0 Å². The van der Waals surface area contributed by atoms with Crippen LogP contribution in [0.25, 0.3) is 5.69 Å². The molecular formula is C16H22N2O2S. The van der Waals surface area contributed by atoms with Crippen molar-refractivity contribution in [3.05, 3.63) is 39.8 Å². The second-order valence-electron chi connectivity index (χ2n) is 5.41. The molecule has 2 aromatic rings. The molecule has 21 heavy (non-hydrogen) atoms. The summed E-state index contributed by atoms with van der Waals surface area (Å²) in [6.45, 7) is 6.83. The lowest BCUT2D eigenvalue weighted by Gasteiger charge is -2.13. The Morgan fingerprint density at radius 1 is 1.33 bits per heavy atom. The van der Waals surface area contributed by atoms with Crippen LogP contribution in [0.3, 0.4) is 0 Å². The number of thiophene rings is 1. The molecule has 2 aromatic heterocycles. The summed E-state index contributed by atoms with van der Waals surface area (Å²) >= 11 is 1.46. The Morgan fingerprint density at radius 2 is 2.00 bits per heavy atom. The van der Waals surface area contributed by atoms with Crippen LogP contribution in [0.15, 0.2) is 23.6 Å². The number of rotatable bonds is 6. The van der Waals surface area contributed by atoms with Gasteiger partial charge in [0.15, 0.2) is 0 Å². The quantitative estimate of drug-likeness (QED) is 0.862. The fourth-order valence-electron chi connectivity index (χ4n) is 2.37. The third-order valence-corrected chi connectivity index (χ3v) is 4.50. The van der Waals surface area contributed by atoms with Crippen LogP contribution in [0.4, 0.5) is 0 Å². The number of nitrogens with one attached hydrogen (secondary N) is 1. The fourth-order valence-corrected chi connectivity index (χ4v) is 3.16. The Bertz CT molecular complexity index is 596. The molecule has 0 aliphatic rings. The minimum atomic E-state index is -0.0442. The van der Waals surface area contributed by atoms with E-state index in [2.05, 4.69) is 22.0 Å². The number of nitrogens with zero attached hydrogens (tertiary/aromatic N) is 1. The van der Waals surface area contributed by atoms with Gasteiger partial charge in [-0.25, -0.2) is 0 Å². The Morgan fingerprint density at radius 3 is 2.62 bits per heavy atom. The van der Waals surface area contributed by atoms with Crippen molar-refractivity contribution in [2.45, 2.75) is 27.2 Å². The van der Waals surface area contributed by atoms with Gasteiger partial charge in [0, 0.05) is 24.5 Å². The second kappa shape index (κ2) is 6.91. The first-order valence-electron chi connectivity index (χ1n) is 7.16. The Labute approximate surface area is 129 Å². The molecule has 1 unspecified atom stereocenters. The van der Waals surface area contributed by atoms with Gasteiger partial charge in [0.1, 0.15) is 4.88 Å². The van der Waals surface area contributed by atoms with Crippen molar-refractivity contribution in [2.75, 3.05) is 13.2 Å².